The fourth-order valence-electron chi connectivity index (χ4n) is 4.79. The van der Waals surface area contributed by atoms with Crippen molar-refractivity contribution in [2.75, 3.05) is 0 Å². The van der Waals surface area contributed by atoms with E-state index in [2.05, 4.69) is 50.6 Å². The van der Waals surface area contributed by atoms with Crippen LogP contribution >= 0.6 is 15.9 Å². The van der Waals surface area contributed by atoms with Crippen molar-refractivity contribution in [2.24, 2.45) is 0 Å². The lowest BCUT2D eigenvalue weighted by Gasteiger charge is -2.23. The molecule has 0 radical (unpaired) electrons. The van der Waals surface area contributed by atoms with E-state index in [4.69, 9.17) is 14.9 Å². The van der Waals surface area contributed by atoms with E-state index in [1.54, 1.807) is 6.20 Å². The zero-order valence-electron chi connectivity index (χ0n) is 19.2. The van der Waals surface area contributed by atoms with Crippen molar-refractivity contribution in [2.45, 2.75) is 83.8 Å². The van der Waals surface area contributed by atoms with Crippen LogP contribution in [0.4, 0.5) is 0 Å². The molecule has 176 valence electrons. The number of aromatic nitrogens is 3. The van der Waals surface area contributed by atoms with Crippen molar-refractivity contribution >= 4 is 27.4 Å². The highest BCUT2D eigenvalue weighted by atomic mass is 79.9. The zero-order chi connectivity index (χ0) is 23.2. The number of aryl methyl sites for hydroxylation is 1. The predicted octanol–water partition coefficient (Wildman–Crippen LogP) is 6.37. The number of halogens is 1. The molecule has 0 bridgehead atoms. The topological polar surface area (TPSA) is 76.7 Å². The van der Waals surface area contributed by atoms with Gasteiger partial charge < -0.3 is 9.84 Å². The lowest BCUT2D eigenvalue weighted by Crippen LogP contribution is -2.18. The van der Waals surface area contributed by atoms with E-state index in [-0.39, 0.29) is 6.42 Å². The molecule has 6 nitrogen and oxygen atoms in total. The number of unbranched alkanes of at least 4 members (excludes halogenated alkanes) is 1. The van der Waals surface area contributed by atoms with Gasteiger partial charge in [-0.1, -0.05) is 26.2 Å². The summed E-state index contributed by atoms with van der Waals surface area (Å²) >= 11 is 3.57. The fraction of sp³-hybridized carbons (Fsp3) is 0.500. The maximum atomic E-state index is 11.0. The van der Waals surface area contributed by atoms with Crippen molar-refractivity contribution in [3.8, 4) is 11.1 Å². The van der Waals surface area contributed by atoms with E-state index in [1.807, 2.05) is 6.20 Å². The standard InChI is InChI=1S/C26H32BrN3O3/c1-2-20-12-13-24-26(18-14-19(27)16-28-15-18)22(10-6-7-11-25(31)32)23(29-30(20)24)17-33-21-8-4-3-5-9-21/h12-16,21H,2-11,17H2,1H3,(H,31,32). The molecule has 1 aliphatic rings. The highest BCUT2D eigenvalue weighted by Gasteiger charge is 2.21. The number of carbonyl (C=O) groups is 1. The molecule has 3 aromatic rings. The lowest BCUT2D eigenvalue weighted by molar-refractivity contribution is -0.137. The third-order valence-corrected chi connectivity index (χ3v) is 6.93. The van der Waals surface area contributed by atoms with Crippen LogP contribution < -0.4 is 0 Å². The molecule has 7 heteroatoms. The Hall–Kier alpha value is -2.25. The summed E-state index contributed by atoms with van der Waals surface area (Å²) in [5.41, 5.74) is 6.46. The minimum atomic E-state index is -0.750. The number of pyridine rings is 1. The second kappa shape index (κ2) is 11.3. The average Bonchev–Trinajstić information content (AvgIpc) is 3.23. The Morgan fingerprint density at radius 1 is 1.21 bits per heavy atom. The molecule has 33 heavy (non-hydrogen) atoms. The molecule has 0 atom stereocenters. The van der Waals surface area contributed by atoms with Crippen LogP contribution in [0.5, 0.6) is 0 Å². The number of carboxylic acid groups (broad SMARTS) is 1. The summed E-state index contributed by atoms with van der Waals surface area (Å²) in [4.78, 5) is 15.5. The fourth-order valence-corrected chi connectivity index (χ4v) is 5.15. The summed E-state index contributed by atoms with van der Waals surface area (Å²) in [6, 6.07) is 6.36. The highest BCUT2D eigenvalue weighted by Crippen LogP contribution is 2.34. The third-order valence-electron chi connectivity index (χ3n) is 6.49. The van der Waals surface area contributed by atoms with Crippen molar-refractivity contribution in [3.05, 3.63) is 52.0 Å². The number of aliphatic carboxylic acids is 1. The average molecular weight is 514 g/mol. The van der Waals surface area contributed by atoms with Crippen LogP contribution in [0.15, 0.2) is 35.1 Å². The van der Waals surface area contributed by atoms with Gasteiger partial charge in [-0.25, -0.2) is 4.52 Å². The summed E-state index contributed by atoms with van der Waals surface area (Å²) in [6.45, 7) is 2.62. The molecule has 0 unspecified atom stereocenters. The summed E-state index contributed by atoms with van der Waals surface area (Å²) in [6.07, 6.45) is 13.2. The number of carboxylic acids is 1. The molecule has 3 heterocycles. The smallest absolute Gasteiger partial charge is 0.303 e. The number of nitrogens with zero attached hydrogens (tertiary/aromatic N) is 3. The molecule has 0 amide bonds. The Morgan fingerprint density at radius 2 is 2.03 bits per heavy atom. The van der Waals surface area contributed by atoms with Crippen LogP contribution in [0.3, 0.4) is 0 Å². The van der Waals surface area contributed by atoms with Crippen LogP contribution in [0.2, 0.25) is 0 Å². The first-order valence-electron chi connectivity index (χ1n) is 12.0. The Kier molecular flexibility index (Phi) is 8.15. The molecule has 1 fully saturated rings. The van der Waals surface area contributed by atoms with Gasteiger partial charge in [0.25, 0.3) is 0 Å². The first-order chi connectivity index (χ1) is 16.1. The summed E-state index contributed by atoms with van der Waals surface area (Å²) < 4.78 is 9.35. The SMILES string of the molecule is CCc1ccc2c(-c3cncc(Br)c3)c(CCCCC(=O)O)c(COC3CCCCC3)nn12. The van der Waals surface area contributed by atoms with E-state index in [0.717, 1.165) is 70.2 Å². The molecule has 0 aromatic carbocycles. The van der Waals surface area contributed by atoms with Crippen LogP contribution in [0.1, 0.15) is 75.2 Å². The van der Waals surface area contributed by atoms with E-state index in [1.165, 1.54) is 19.3 Å². The number of rotatable bonds is 10. The van der Waals surface area contributed by atoms with Crippen molar-refractivity contribution in [1.82, 2.24) is 14.6 Å². The Labute approximate surface area is 203 Å². The van der Waals surface area contributed by atoms with E-state index >= 15 is 0 Å². The van der Waals surface area contributed by atoms with Crippen LogP contribution in [-0.2, 0) is 29.0 Å². The van der Waals surface area contributed by atoms with Gasteiger partial charge in [-0.2, -0.15) is 5.10 Å². The van der Waals surface area contributed by atoms with Gasteiger partial charge in [0.15, 0.2) is 0 Å². The Balaban J connectivity index is 1.77. The zero-order valence-corrected chi connectivity index (χ0v) is 20.8. The van der Waals surface area contributed by atoms with Crippen LogP contribution in [0.25, 0.3) is 16.6 Å². The van der Waals surface area contributed by atoms with Gasteiger partial charge >= 0.3 is 5.97 Å². The summed E-state index contributed by atoms with van der Waals surface area (Å²) in [7, 11) is 0. The minimum absolute atomic E-state index is 0.183. The van der Waals surface area contributed by atoms with Crippen LogP contribution in [0, 0.1) is 0 Å². The maximum absolute atomic E-state index is 11.0. The van der Waals surface area contributed by atoms with E-state index in [9.17, 15) is 4.79 Å². The van der Waals surface area contributed by atoms with Crippen molar-refractivity contribution in [3.63, 3.8) is 0 Å². The van der Waals surface area contributed by atoms with Gasteiger partial charge in [0.05, 0.1) is 23.9 Å². The Morgan fingerprint density at radius 3 is 2.76 bits per heavy atom. The lowest BCUT2D eigenvalue weighted by atomic mass is 9.95. The van der Waals surface area contributed by atoms with Gasteiger partial charge in [0.1, 0.15) is 0 Å². The first kappa shape index (κ1) is 23.9. The van der Waals surface area contributed by atoms with Gasteiger partial charge in [-0.15, -0.1) is 0 Å². The first-order valence-corrected chi connectivity index (χ1v) is 12.8. The second-order valence-corrected chi connectivity index (χ2v) is 9.75. The van der Waals surface area contributed by atoms with Crippen LogP contribution in [-0.4, -0.2) is 31.8 Å². The summed E-state index contributed by atoms with van der Waals surface area (Å²) in [5, 5.41) is 14.1. The van der Waals surface area contributed by atoms with Crippen molar-refractivity contribution in [1.29, 1.82) is 0 Å². The van der Waals surface area contributed by atoms with E-state index < -0.39 is 5.97 Å². The largest absolute Gasteiger partial charge is 0.481 e. The van der Waals surface area contributed by atoms with Gasteiger partial charge in [0, 0.05) is 40.1 Å². The summed E-state index contributed by atoms with van der Waals surface area (Å²) in [5.74, 6) is -0.750. The number of ether oxygens (including phenoxy) is 1. The second-order valence-electron chi connectivity index (χ2n) is 8.84. The quantitative estimate of drug-likeness (QED) is 0.318. The molecular formula is C26H32BrN3O3. The molecular weight excluding hydrogens is 482 g/mol. The van der Waals surface area contributed by atoms with Gasteiger partial charge in [0.2, 0.25) is 0 Å². The molecule has 0 aliphatic heterocycles. The molecule has 4 rings (SSSR count). The normalized spacial score (nSPS) is 14.7. The molecule has 1 N–H and O–H groups in total. The van der Waals surface area contributed by atoms with E-state index in [0.29, 0.717) is 19.1 Å². The maximum Gasteiger partial charge on any atom is 0.303 e. The monoisotopic (exact) mass is 513 g/mol. The van der Waals surface area contributed by atoms with Crippen molar-refractivity contribution < 1.29 is 14.6 Å². The third kappa shape index (κ3) is 5.82. The predicted molar refractivity (Wildman–Crippen MR) is 132 cm³/mol. The Bertz CT molecular complexity index is 1110. The van der Waals surface area contributed by atoms with Gasteiger partial charge in [-0.3, -0.25) is 9.78 Å². The molecule has 3 aromatic heterocycles. The number of hydrogen-bond acceptors (Lipinski definition) is 4. The van der Waals surface area contributed by atoms with Gasteiger partial charge in [-0.05, 0) is 78.2 Å². The highest BCUT2D eigenvalue weighted by molar-refractivity contribution is 9.10. The molecule has 1 saturated carbocycles. The number of hydrogen-bond donors (Lipinski definition) is 1. The molecule has 1 aliphatic carbocycles. The number of fused-ring (bicyclic) bond motifs is 1. The molecule has 0 saturated heterocycles. The molecule has 0 spiro atoms. The minimum Gasteiger partial charge on any atom is -0.481 e.